The average molecular weight is 226 g/mol. The van der Waals surface area contributed by atoms with Crippen molar-refractivity contribution in [1.29, 1.82) is 0 Å². The second-order valence-electron chi connectivity index (χ2n) is 3.18. The Morgan fingerprint density at radius 2 is 2.19 bits per heavy atom. The van der Waals surface area contributed by atoms with Gasteiger partial charge in [0.25, 0.3) is 0 Å². The number of nitrogens with two attached hydrogens (primary N) is 1. The molecule has 0 heterocycles. The predicted molar refractivity (Wildman–Crippen MR) is 60.3 cm³/mol. The molecule has 1 unspecified atom stereocenters. The molecule has 3 N–H and O–H groups in total. The Morgan fingerprint density at radius 1 is 1.50 bits per heavy atom. The van der Waals surface area contributed by atoms with Gasteiger partial charge in [-0.1, -0.05) is 0 Å². The van der Waals surface area contributed by atoms with Gasteiger partial charge in [0.1, 0.15) is 0 Å². The van der Waals surface area contributed by atoms with E-state index in [9.17, 15) is 9.59 Å². The summed E-state index contributed by atoms with van der Waals surface area (Å²) in [5.41, 5.74) is 5.37. The Hall–Kier alpha value is -1.54. The van der Waals surface area contributed by atoms with Gasteiger partial charge < -0.3 is 15.8 Å². The number of ether oxygens (including phenoxy) is 1. The minimum Gasteiger partial charge on any atom is -0.464 e. The number of terminal acetylenes is 1. The second kappa shape index (κ2) is 8.74. The van der Waals surface area contributed by atoms with E-state index in [1.165, 1.54) is 0 Å². The van der Waals surface area contributed by atoms with Crippen molar-refractivity contribution in [3.63, 3.8) is 0 Å². The normalized spacial score (nSPS) is 11.3. The number of nitrogens with one attached hydrogen (secondary N) is 1. The van der Waals surface area contributed by atoms with Crippen LogP contribution in [0.1, 0.15) is 26.2 Å². The van der Waals surface area contributed by atoms with Gasteiger partial charge in [0.05, 0.1) is 6.61 Å². The third kappa shape index (κ3) is 6.04. The zero-order valence-electron chi connectivity index (χ0n) is 9.49. The largest absolute Gasteiger partial charge is 0.464 e. The van der Waals surface area contributed by atoms with E-state index in [4.69, 9.17) is 12.2 Å². The number of hydrogen-bond donors (Lipinski definition) is 2. The highest BCUT2D eigenvalue weighted by molar-refractivity contribution is 6.01. The molecule has 0 rings (SSSR count). The predicted octanol–water partition coefficient (Wildman–Crippen LogP) is -0.203. The maximum Gasteiger partial charge on any atom is 0.332 e. The fraction of sp³-hybridized carbons (Fsp3) is 0.636. The van der Waals surface area contributed by atoms with Crippen LogP contribution in [0.2, 0.25) is 0 Å². The van der Waals surface area contributed by atoms with Gasteiger partial charge in [-0.2, -0.15) is 0 Å². The standard InChI is InChI=1S/C11H18N2O3/c1-3-5-6-7-8-13-10(14)9(12)11(15)16-4-2/h1,9H,4-8,12H2,2H3,(H,13,14). The van der Waals surface area contributed by atoms with Gasteiger partial charge in [0.2, 0.25) is 5.91 Å². The summed E-state index contributed by atoms with van der Waals surface area (Å²) >= 11 is 0. The van der Waals surface area contributed by atoms with Crippen LogP contribution in [-0.4, -0.2) is 31.1 Å². The van der Waals surface area contributed by atoms with Crippen LogP contribution in [-0.2, 0) is 14.3 Å². The van der Waals surface area contributed by atoms with E-state index < -0.39 is 17.9 Å². The minimum absolute atomic E-state index is 0.210. The zero-order valence-corrected chi connectivity index (χ0v) is 9.49. The molecule has 0 saturated carbocycles. The maximum atomic E-state index is 11.3. The fourth-order valence-corrected chi connectivity index (χ4v) is 1.01. The molecule has 0 aromatic carbocycles. The first-order valence-electron chi connectivity index (χ1n) is 5.26. The Bertz CT molecular complexity index is 271. The Labute approximate surface area is 95.7 Å². The van der Waals surface area contributed by atoms with Crippen molar-refractivity contribution in [2.24, 2.45) is 5.73 Å². The molecule has 0 radical (unpaired) electrons. The van der Waals surface area contributed by atoms with E-state index in [0.29, 0.717) is 13.0 Å². The van der Waals surface area contributed by atoms with Crippen LogP contribution in [0.25, 0.3) is 0 Å². The maximum absolute atomic E-state index is 11.3. The van der Waals surface area contributed by atoms with E-state index in [-0.39, 0.29) is 6.61 Å². The number of carbonyl (C=O) groups excluding carboxylic acids is 2. The van der Waals surface area contributed by atoms with Gasteiger partial charge in [0, 0.05) is 13.0 Å². The molecule has 0 saturated heterocycles. The molecule has 0 fully saturated rings. The van der Waals surface area contributed by atoms with Crippen molar-refractivity contribution in [3.8, 4) is 12.3 Å². The summed E-state index contributed by atoms with van der Waals surface area (Å²) in [4.78, 5) is 22.4. The van der Waals surface area contributed by atoms with Gasteiger partial charge in [0.15, 0.2) is 6.04 Å². The van der Waals surface area contributed by atoms with E-state index in [1.54, 1.807) is 6.92 Å². The van der Waals surface area contributed by atoms with Crippen molar-refractivity contribution < 1.29 is 14.3 Å². The van der Waals surface area contributed by atoms with Crippen LogP contribution in [0.4, 0.5) is 0 Å². The Morgan fingerprint density at radius 3 is 2.75 bits per heavy atom. The number of hydrogen-bond acceptors (Lipinski definition) is 4. The van der Waals surface area contributed by atoms with Gasteiger partial charge >= 0.3 is 5.97 Å². The van der Waals surface area contributed by atoms with E-state index in [0.717, 1.165) is 12.8 Å². The summed E-state index contributed by atoms with van der Waals surface area (Å²) in [6, 6.07) is -1.24. The lowest BCUT2D eigenvalue weighted by molar-refractivity contribution is -0.147. The molecule has 0 aromatic rings. The molecule has 0 aliphatic heterocycles. The average Bonchev–Trinajstić information content (AvgIpc) is 2.27. The smallest absolute Gasteiger partial charge is 0.332 e. The summed E-state index contributed by atoms with van der Waals surface area (Å²) in [6.45, 7) is 2.33. The van der Waals surface area contributed by atoms with E-state index >= 15 is 0 Å². The first-order valence-corrected chi connectivity index (χ1v) is 5.26. The fourth-order valence-electron chi connectivity index (χ4n) is 1.01. The Balaban J connectivity index is 3.71. The van der Waals surface area contributed by atoms with Crippen LogP contribution in [0, 0.1) is 12.3 Å². The van der Waals surface area contributed by atoms with Crippen molar-refractivity contribution in [3.05, 3.63) is 0 Å². The van der Waals surface area contributed by atoms with Crippen molar-refractivity contribution in [2.45, 2.75) is 32.2 Å². The van der Waals surface area contributed by atoms with Crippen LogP contribution >= 0.6 is 0 Å². The number of amides is 1. The number of esters is 1. The number of carbonyl (C=O) groups is 2. The SMILES string of the molecule is C#CCCCCNC(=O)C(N)C(=O)OCC. The first kappa shape index (κ1) is 14.5. The molecule has 16 heavy (non-hydrogen) atoms. The van der Waals surface area contributed by atoms with E-state index in [1.807, 2.05) is 0 Å². The highest BCUT2D eigenvalue weighted by Crippen LogP contribution is 1.92. The molecule has 0 bridgehead atoms. The number of rotatable bonds is 7. The van der Waals surface area contributed by atoms with Crippen LogP contribution < -0.4 is 11.1 Å². The lowest BCUT2D eigenvalue weighted by Crippen LogP contribution is -2.47. The second-order valence-corrected chi connectivity index (χ2v) is 3.18. The lowest BCUT2D eigenvalue weighted by atomic mass is 10.2. The Kier molecular flexibility index (Phi) is 7.90. The topological polar surface area (TPSA) is 81.4 Å². The molecule has 5 heteroatoms. The summed E-state index contributed by atoms with van der Waals surface area (Å²) in [6.07, 6.45) is 7.36. The van der Waals surface area contributed by atoms with Gasteiger partial charge in [-0.05, 0) is 19.8 Å². The minimum atomic E-state index is -1.24. The summed E-state index contributed by atoms with van der Waals surface area (Å²) in [7, 11) is 0. The molecular weight excluding hydrogens is 208 g/mol. The monoisotopic (exact) mass is 226 g/mol. The van der Waals surface area contributed by atoms with Crippen LogP contribution in [0.15, 0.2) is 0 Å². The third-order valence-corrected chi connectivity index (χ3v) is 1.87. The summed E-state index contributed by atoms with van der Waals surface area (Å²) in [5, 5.41) is 2.55. The molecule has 0 aliphatic rings. The highest BCUT2D eigenvalue weighted by Gasteiger charge is 2.22. The van der Waals surface area contributed by atoms with Crippen molar-refractivity contribution >= 4 is 11.9 Å². The van der Waals surface area contributed by atoms with Gasteiger partial charge in [-0.25, -0.2) is 4.79 Å². The van der Waals surface area contributed by atoms with E-state index in [2.05, 4.69) is 16.0 Å². The lowest BCUT2D eigenvalue weighted by Gasteiger charge is -2.10. The third-order valence-electron chi connectivity index (χ3n) is 1.87. The molecule has 1 atom stereocenters. The molecular formula is C11H18N2O3. The molecule has 0 aliphatic carbocycles. The first-order chi connectivity index (χ1) is 7.63. The molecule has 90 valence electrons. The quantitative estimate of drug-likeness (QED) is 0.272. The number of unbranched alkanes of at least 4 members (excludes halogenated alkanes) is 2. The molecule has 0 spiro atoms. The summed E-state index contributed by atoms with van der Waals surface area (Å²) < 4.78 is 4.62. The zero-order chi connectivity index (χ0) is 12.4. The molecule has 0 aromatic heterocycles. The molecule has 1 amide bonds. The van der Waals surface area contributed by atoms with Gasteiger partial charge in [-0.15, -0.1) is 12.3 Å². The van der Waals surface area contributed by atoms with Crippen molar-refractivity contribution in [2.75, 3.05) is 13.2 Å². The summed E-state index contributed by atoms with van der Waals surface area (Å²) in [5.74, 6) is 1.28. The van der Waals surface area contributed by atoms with Crippen molar-refractivity contribution in [1.82, 2.24) is 5.32 Å². The van der Waals surface area contributed by atoms with Crippen LogP contribution in [0.5, 0.6) is 0 Å². The van der Waals surface area contributed by atoms with Gasteiger partial charge in [-0.3, -0.25) is 4.79 Å². The molecule has 5 nitrogen and oxygen atoms in total. The van der Waals surface area contributed by atoms with Crippen LogP contribution in [0.3, 0.4) is 0 Å². The highest BCUT2D eigenvalue weighted by atomic mass is 16.5.